The topological polar surface area (TPSA) is 52.3 Å². The average Bonchev–Trinajstić information content (AvgIpc) is 2.29. The quantitative estimate of drug-likeness (QED) is 0.631. The van der Waals surface area contributed by atoms with Gasteiger partial charge in [-0.25, -0.2) is 4.79 Å². The van der Waals surface area contributed by atoms with Gasteiger partial charge < -0.3 is 10.5 Å². The fraction of sp³-hybridized carbons (Fsp3) is 0.500. The number of rotatable bonds is 2. The number of hydrogen-bond acceptors (Lipinski definition) is 3. The summed E-state index contributed by atoms with van der Waals surface area (Å²) in [7, 11) is 0. The summed E-state index contributed by atoms with van der Waals surface area (Å²) in [5.74, 6) is 0.358. The largest absolute Gasteiger partial charge is 0.459 e. The van der Waals surface area contributed by atoms with Gasteiger partial charge in [-0.1, -0.05) is 25.5 Å². The van der Waals surface area contributed by atoms with Gasteiger partial charge in [0.2, 0.25) is 0 Å². The molecule has 1 saturated carbocycles. The maximum atomic E-state index is 11.9. The Kier molecular flexibility index (Phi) is 3.67. The van der Waals surface area contributed by atoms with Crippen LogP contribution in [0.25, 0.3) is 0 Å². The molecule has 0 amide bonds. The van der Waals surface area contributed by atoms with Crippen LogP contribution < -0.4 is 5.73 Å². The van der Waals surface area contributed by atoms with Gasteiger partial charge in [-0.3, -0.25) is 0 Å². The lowest BCUT2D eigenvalue weighted by Crippen LogP contribution is -2.24. The van der Waals surface area contributed by atoms with E-state index in [0.29, 0.717) is 17.2 Å². The second-order valence-corrected chi connectivity index (χ2v) is 4.89. The van der Waals surface area contributed by atoms with E-state index in [-0.39, 0.29) is 12.1 Å². The Hall–Kier alpha value is -1.51. The second kappa shape index (κ2) is 5.21. The van der Waals surface area contributed by atoms with Gasteiger partial charge in [0, 0.05) is 5.69 Å². The number of esters is 1. The highest BCUT2D eigenvalue weighted by Gasteiger charge is 2.23. The van der Waals surface area contributed by atoms with E-state index in [2.05, 4.69) is 6.92 Å². The summed E-state index contributed by atoms with van der Waals surface area (Å²) in [5, 5.41) is 0. The molecule has 92 valence electrons. The first-order chi connectivity index (χ1) is 8.16. The molecule has 0 saturated heterocycles. The van der Waals surface area contributed by atoms with Crippen molar-refractivity contribution in [3.05, 3.63) is 29.8 Å². The van der Waals surface area contributed by atoms with Crippen molar-refractivity contribution in [3.63, 3.8) is 0 Å². The Bertz CT molecular complexity index is 403. The van der Waals surface area contributed by atoms with Crippen LogP contribution in [0.2, 0.25) is 0 Å². The standard InChI is InChI=1S/C14H19NO2/c1-10-5-4-6-11(9-10)17-14(16)12-7-2-3-8-13(12)15/h2-3,7-8,10-11H,4-6,9,15H2,1H3. The SMILES string of the molecule is CC1CCCC(OC(=O)c2ccccc2N)C1. The summed E-state index contributed by atoms with van der Waals surface area (Å²) in [6.45, 7) is 2.21. The number of nitrogen functional groups attached to an aromatic ring is 1. The molecule has 0 bridgehead atoms. The van der Waals surface area contributed by atoms with E-state index in [9.17, 15) is 4.79 Å². The molecule has 17 heavy (non-hydrogen) atoms. The summed E-state index contributed by atoms with van der Waals surface area (Å²) in [4.78, 5) is 11.9. The zero-order valence-corrected chi connectivity index (χ0v) is 10.2. The fourth-order valence-corrected chi connectivity index (χ4v) is 2.38. The third-order valence-electron chi connectivity index (χ3n) is 3.34. The molecule has 0 aliphatic heterocycles. The number of hydrogen-bond donors (Lipinski definition) is 1. The highest BCUT2D eigenvalue weighted by molar-refractivity contribution is 5.95. The van der Waals surface area contributed by atoms with E-state index in [0.717, 1.165) is 19.3 Å². The van der Waals surface area contributed by atoms with Crippen molar-refractivity contribution in [1.82, 2.24) is 0 Å². The summed E-state index contributed by atoms with van der Waals surface area (Å²) < 4.78 is 5.51. The molecule has 2 atom stereocenters. The number of para-hydroxylation sites is 1. The summed E-state index contributed by atoms with van der Waals surface area (Å²) >= 11 is 0. The molecule has 2 N–H and O–H groups in total. The van der Waals surface area contributed by atoms with Gasteiger partial charge in [-0.05, 0) is 37.3 Å². The Morgan fingerprint density at radius 1 is 1.35 bits per heavy atom. The molecular formula is C14H19NO2. The molecule has 0 aromatic heterocycles. The summed E-state index contributed by atoms with van der Waals surface area (Å²) in [6, 6.07) is 7.05. The van der Waals surface area contributed by atoms with E-state index in [1.54, 1.807) is 18.2 Å². The third kappa shape index (κ3) is 2.99. The van der Waals surface area contributed by atoms with Gasteiger partial charge in [-0.2, -0.15) is 0 Å². The lowest BCUT2D eigenvalue weighted by atomic mass is 9.89. The van der Waals surface area contributed by atoms with E-state index in [4.69, 9.17) is 10.5 Å². The van der Waals surface area contributed by atoms with Crippen LogP contribution in [-0.2, 0) is 4.74 Å². The molecule has 1 aromatic rings. The first-order valence-corrected chi connectivity index (χ1v) is 6.22. The molecule has 2 rings (SSSR count). The number of anilines is 1. The number of carbonyl (C=O) groups excluding carboxylic acids is 1. The van der Waals surface area contributed by atoms with Crippen molar-refractivity contribution in [2.45, 2.75) is 38.7 Å². The maximum absolute atomic E-state index is 11.9. The van der Waals surface area contributed by atoms with Crippen molar-refractivity contribution < 1.29 is 9.53 Å². The minimum Gasteiger partial charge on any atom is -0.459 e. The molecule has 1 fully saturated rings. The lowest BCUT2D eigenvalue weighted by molar-refractivity contribution is 0.0156. The molecule has 2 unspecified atom stereocenters. The van der Waals surface area contributed by atoms with Crippen LogP contribution in [0.1, 0.15) is 43.0 Å². The van der Waals surface area contributed by atoms with E-state index >= 15 is 0 Å². The molecule has 1 aliphatic carbocycles. The van der Waals surface area contributed by atoms with Gasteiger partial charge >= 0.3 is 5.97 Å². The van der Waals surface area contributed by atoms with Crippen molar-refractivity contribution in [3.8, 4) is 0 Å². The molecule has 0 radical (unpaired) electrons. The molecule has 0 spiro atoms. The predicted molar refractivity (Wildman–Crippen MR) is 67.7 cm³/mol. The minimum absolute atomic E-state index is 0.0610. The van der Waals surface area contributed by atoms with Crippen LogP contribution in [0.4, 0.5) is 5.69 Å². The highest BCUT2D eigenvalue weighted by atomic mass is 16.5. The molecule has 1 aliphatic rings. The normalized spacial score (nSPS) is 24.3. The zero-order chi connectivity index (χ0) is 12.3. The Morgan fingerprint density at radius 3 is 2.82 bits per heavy atom. The average molecular weight is 233 g/mol. The monoisotopic (exact) mass is 233 g/mol. The Morgan fingerprint density at radius 2 is 2.12 bits per heavy atom. The molecule has 0 heterocycles. The van der Waals surface area contributed by atoms with Gasteiger partial charge in [0.1, 0.15) is 6.10 Å². The zero-order valence-electron chi connectivity index (χ0n) is 10.2. The predicted octanol–water partition coefficient (Wildman–Crippen LogP) is 3.00. The number of carbonyl (C=O) groups is 1. The van der Waals surface area contributed by atoms with Gasteiger partial charge in [-0.15, -0.1) is 0 Å². The smallest absolute Gasteiger partial charge is 0.340 e. The minimum atomic E-state index is -0.290. The van der Waals surface area contributed by atoms with Crippen LogP contribution in [0.15, 0.2) is 24.3 Å². The first-order valence-electron chi connectivity index (χ1n) is 6.22. The van der Waals surface area contributed by atoms with Crippen LogP contribution in [0, 0.1) is 5.92 Å². The highest BCUT2D eigenvalue weighted by Crippen LogP contribution is 2.26. The molecule has 3 nitrogen and oxygen atoms in total. The van der Waals surface area contributed by atoms with Gasteiger partial charge in [0.05, 0.1) is 5.56 Å². The first kappa shape index (κ1) is 12.0. The van der Waals surface area contributed by atoms with Crippen LogP contribution in [0.5, 0.6) is 0 Å². The van der Waals surface area contributed by atoms with Gasteiger partial charge in [0.15, 0.2) is 0 Å². The number of benzene rings is 1. The number of nitrogens with two attached hydrogens (primary N) is 1. The third-order valence-corrected chi connectivity index (χ3v) is 3.34. The van der Waals surface area contributed by atoms with Crippen LogP contribution in [0.3, 0.4) is 0 Å². The fourth-order valence-electron chi connectivity index (χ4n) is 2.38. The van der Waals surface area contributed by atoms with Crippen molar-refractivity contribution in [2.24, 2.45) is 5.92 Å². The lowest BCUT2D eigenvalue weighted by Gasteiger charge is -2.26. The van der Waals surface area contributed by atoms with Crippen LogP contribution in [-0.4, -0.2) is 12.1 Å². The number of ether oxygens (including phenoxy) is 1. The summed E-state index contributed by atoms with van der Waals surface area (Å²) in [5.41, 5.74) is 6.72. The van der Waals surface area contributed by atoms with Crippen molar-refractivity contribution in [2.75, 3.05) is 5.73 Å². The van der Waals surface area contributed by atoms with Crippen molar-refractivity contribution >= 4 is 11.7 Å². The second-order valence-electron chi connectivity index (χ2n) is 4.89. The Labute approximate surface area is 102 Å². The van der Waals surface area contributed by atoms with E-state index in [1.165, 1.54) is 6.42 Å². The Balaban J connectivity index is 1.99. The van der Waals surface area contributed by atoms with Crippen LogP contribution >= 0.6 is 0 Å². The van der Waals surface area contributed by atoms with Crippen molar-refractivity contribution in [1.29, 1.82) is 0 Å². The van der Waals surface area contributed by atoms with Gasteiger partial charge in [0.25, 0.3) is 0 Å². The van der Waals surface area contributed by atoms with E-state index in [1.807, 2.05) is 6.07 Å². The molecular weight excluding hydrogens is 214 g/mol. The molecule has 3 heteroatoms. The molecule has 1 aromatic carbocycles. The van der Waals surface area contributed by atoms with E-state index < -0.39 is 0 Å². The summed E-state index contributed by atoms with van der Waals surface area (Å²) in [6.07, 6.45) is 4.39. The maximum Gasteiger partial charge on any atom is 0.340 e.